The highest BCUT2D eigenvalue weighted by atomic mass is 35.5. The minimum absolute atomic E-state index is 0.105. The first-order valence-electron chi connectivity index (χ1n) is 7.44. The van der Waals surface area contributed by atoms with Crippen molar-refractivity contribution in [3.63, 3.8) is 0 Å². The van der Waals surface area contributed by atoms with E-state index in [0.29, 0.717) is 28.7 Å². The molecule has 2 aliphatic heterocycles. The Labute approximate surface area is 143 Å². The van der Waals surface area contributed by atoms with Gasteiger partial charge >= 0.3 is 0 Å². The van der Waals surface area contributed by atoms with E-state index in [1.807, 2.05) is 18.2 Å². The molecule has 0 bridgehead atoms. The molecule has 0 amide bonds. The van der Waals surface area contributed by atoms with Gasteiger partial charge in [0.2, 0.25) is 6.79 Å². The molecular weight excluding hydrogens is 328 g/mol. The summed E-state index contributed by atoms with van der Waals surface area (Å²) < 4.78 is 16.2. The van der Waals surface area contributed by atoms with E-state index in [-0.39, 0.29) is 12.6 Å². The molecule has 0 spiro atoms. The van der Waals surface area contributed by atoms with E-state index in [0.717, 1.165) is 16.9 Å². The zero-order valence-electron chi connectivity index (χ0n) is 12.6. The Kier molecular flexibility index (Phi) is 3.75. The molecule has 2 heterocycles. The van der Waals surface area contributed by atoms with Gasteiger partial charge in [-0.3, -0.25) is 4.79 Å². The fourth-order valence-corrected chi connectivity index (χ4v) is 2.77. The second kappa shape index (κ2) is 6.06. The zero-order valence-corrected chi connectivity index (χ0v) is 13.4. The first kappa shape index (κ1) is 14.8. The lowest BCUT2D eigenvalue weighted by Crippen LogP contribution is -2.06. The van der Waals surface area contributed by atoms with Gasteiger partial charge in [-0.05, 0) is 54.1 Å². The molecule has 0 radical (unpaired) electrons. The Morgan fingerprint density at radius 3 is 2.75 bits per heavy atom. The number of ketones is 1. The molecule has 0 fully saturated rings. The molecule has 0 saturated carbocycles. The van der Waals surface area contributed by atoms with Crippen LogP contribution in [0.3, 0.4) is 0 Å². The highest BCUT2D eigenvalue weighted by Gasteiger charge is 2.15. The Bertz CT molecular complexity index is 883. The molecule has 0 atom stereocenters. The number of fused-ring (bicyclic) bond motifs is 2. The molecule has 2 aliphatic rings. The van der Waals surface area contributed by atoms with Crippen LogP contribution in [-0.4, -0.2) is 19.2 Å². The van der Waals surface area contributed by atoms with Gasteiger partial charge in [-0.25, -0.2) is 0 Å². The first-order valence-corrected chi connectivity index (χ1v) is 7.82. The minimum Gasteiger partial charge on any atom is -0.488 e. The van der Waals surface area contributed by atoms with Crippen molar-refractivity contribution in [2.75, 3.05) is 13.4 Å². The zero-order chi connectivity index (χ0) is 16.5. The van der Waals surface area contributed by atoms with Crippen molar-refractivity contribution >= 4 is 23.5 Å². The van der Waals surface area contributed by atoms with E-state index in [1.165, 1.54) is 6.08 Å². The number of halogens is 1. The van der Waals surface area contributed by atoms with Gasteiger partial charge in [0.25, 0.3) is 0 Å². The number of ether oxygens (including phenoxy) is 3. The quantitative estimate of drug-likeness (QED) is 0.618. The second-order valence-electron chi connectivity index (χ2n) is 5.46. The third kappa shape index (κ3) is 2.88. The van der Waals surface area contributed by atoms with Crippen LogP contribution in [0.5, 0.6) is 17.2 Å². The molecule has 0 aromatic heterocycles. The van der Waals surface area contributed by atoms with Crippen molar-refractivity contribution < 1.29 is 19.0 Å². The lowest BCUT2D eigenvalue weighted by molar-refractivity contribution is 0.104. The molecule has 0 N–H and O–H groups in total. The van der Waals surface area contributed by atoms with Gasteiger partial charge in [0.05, 0.1) is 0 Å². The Hall–Kier alpha value is -2.72. The molecule has 0 aliphatic carbocycles. The summed E-state index contributed by atoms with van der Waals surface area (Å²) >= 11 is 6.00. The van der Waals surface area contributed by atoms with Crippen LogP contribution in [0.15, 0.2) is 54.1 Å². The molecule has 4 rings (SSSR count). The van der Waals surface area contributed by atoms with Crippen molar-refractivity contribution in [1.29, 1.82) is 0 Å². The van der Waals surface area contributed by atoms with Crippen molar-refractivity contribution in [1.82, 2.24) is 0 Å². The maximum absolute atomic E-state index is 12.3. The summed E-state index contributed by atoms with van der Waals surface area (Å²) in [6, 6.07) is 10.6. The van der Waals surface area contributed by atoms with Gasteiger partial charge < -0.3 is 14.2 Å². The smallest absolute Gasteiger partial charge is 0.231 e. The number of carbonyl (C=O) groups is 1. The number of allylic oxidation sites excluding steroid dienone is 1. The first-order chi connectivity index (χ1) is 11.7. The fraction of sp³-hybridized carbons (Fsp3) is 0.105. The van der Waals surface area contributed by atoms with Gasteiger partial charge in [-0.2, -0.15) is 0 Å². The normalized spacial score (nSPS) is 15.0. The van der Waals surface area contributed by atoms with E-state index in [4.69, 9.17) is 25.8 Å². The maximum Gasteiger partial charge on any atom is 0.231 e. The average Bonchev–Trinajstić information content (AvgIpc) is 3.06. The van der Waals surface area contributed by atoms with E-state index in [2.05, 4.69) is 0 Å². The predicted molar refractivity (Wildman–Crippen MR) is 91.0 cm³/mol. The number of rotatable bonds is 3. The van der Waals surface area contributed by atoms with Crippen LogP contribution in [0.1, 0.15) is 15.9 Å². The monoisotopic (exact) mass is 340 g/mol. The van der Waals surface area contributed by atoms with Gasteiger partial charge in [0.15, 0.2) is 17.3 Å². The number of hydrogen-bond donors (Lipinski definition) is 0. The standard InChI is InChI=1S/C19H13ClO4/c20-15-3-6-17-14(8-15)7-12(10-22-17)1-4-16(21)13-2-5-18-19(9-13)24-11-23-18/h1-9H,10-11H2. The third-order valence-electron chi connectivity index (χ3n) is 3.81. The largest absolute Gasteiger partial charge is 0.488 e. The highest BCUT2D eigenvalue weighted by Crippen LogP contribution is 2.33. The number of hydrogen-bond acceptors (Lipinski definition) is 4. The van der Waals surface area contributed by atoms with Gasteiger partial charge in [-0.1, -0.05) is 17.7 Å². The van der Waals surface area contributed by atoms with E-state index >= 15 is 0 Å². The maximum atomic E-state index is 12.3. The van der Waals surface area contributed by atoms with Crippen LogP contribution >= 0.6 is 11.6 Å². The van der Waals surface area contributed by atoms with Gasteiger partial charge in [0.1, 0.15) is 12.4 Å². The lowest BCUT2D eigenvalue weighted by Gasteiger charge is -2.16. The Morgan fingerprint density at radius 2 is 1.83 bits per heavy atom. The molecule has 24 heavy (non-hydrogen) atoms. The summed E-state index contributed by atoms with van der Waals surface area (Å²) in [5, 5.41) is 0.648. The fourth-order valence-electron chi connectivity index (χ4n) is 2.59. The van der Waals surface area contributed by atoms with Crippen LogP contribution in [0.4, 0.5) is 0 Å². The van der Waals surface area contributed by atoms with Crippen molar-refractivity contribution in [3.05, 3.63) is 70.3 Å². The third-order valence-corrected chi connectivity index (χ3v) is 4.05. The Balaban J connectivity index is 1.54. The van der Waals surface area contributed by atoms with Crippen LogP contribution in [0.2, 0.25) is 5.02 Å². The summed E-state index contributed by atoms with van der Waals surface area (Å²) in [5.74, 6) is 1.94. The molecule has 4 nitrogen and oxygen atoms in total. The predicted octanol–water partition coefficient (Wildman–Crippen LogP) is 4.28. The van der Waals surface area contributed by atoms with Gasteiger partial charge in [0, 0.05) is 16.1 Å². The van der Waals surface area contributed by atoms with Crippen molar-refractivity contribution in [2.24, 2.45) is 0 Å². The van der Waals surface area contributed by atoms with Gasteiger partial charge in [-0.15, -0.1) is 0 Å². The Morgan fingerprint density at radius 1 is 1.00 bits per heavy atom. The second-order valence-corrected chi connectivity index (χ2v) is 5.89. The number of benzene rings is 2. The molecule has 0 saturated heterocycles. The number of carbonyl (C=O) groups excluding carboxylic acids is 1. The van der Waals surface area contributed by atoms with E-state index < -0.39 is 0 Å². The summed E-state index contributed by atoms with van der Waals surface area (Å²) in [7, 11) is 0. The van der Waals surface area contributed by atoms with E-state index in [9.17, 15) is 4.79 Å². The lowest BCUT2D eigenvalue weighted by atomic mass is 10.1. The van der Waals surface area contributed by atoms with Crippen LogP contribution in [-0.2, 0) is 0 Å². The molecule has 2 aromatic rings. The molecule has 0 unspecified atom stereocenters. The highest BCUT2D eigenvalue weighted by molar-refractivity contribution is 6.30. The van der Waals surface area contributed by atoms with Crippen molar-refractivity contribution in [3.8, 4) is 17.2 Å². The summed E-state index contributed by atoms with van der Waals surface area (Å²) in [6.45, 7) is 0.606. The summed E-state index contributed by atoms with van der Waals surface area (Å²) in [4.78, 5) is 12.3. The molecular formula is C19H13ClO4. The van der Waals surface area contributed by atoms with Crippen molar-refractivity contribution in [2.45, 2.75) is 0 Å². The summed E-state index contributed by atoms with van der Waals surface area (Å²) in [5.41, 5.74) is 2.36. The minimum atomic E-state index is -0.105. The van der Waals surface area contributed by atoms with Crippen LogP contribution in [0.25, 0.3) is 6.08 Å². The van der Waals surface area contributed by atoms with Crippen LogP contribution in [0, 0.1) is 0 Å². The average molecular weight is 341 g/mol. The van der Waals surface area contributed by atoms with E-state index in [1.54, 1.807) is 30.3 Å². The molecule has 120 valence electrons. The molecule has 5 heteroatoms. The van der Waals surface area contributed by atoms with Crippen LogP contribution < -0.4 is 14.2 Å². The SMILES string of the molecule is O=C(C=CC1=Cc2cc(Cl)ccc2OC1)c1ccc2c(c1)OCO2. The topological polar surface area (TPSA) is 44.8 Å². The summed E-state index contributed by atoms with van der Waals surface area (Å²) in [6.07, 6.45) is 5.26. The molecule has 2 aromatic carbocycles.